The highest BCUT2D eigenvalue weighted by atomic mass is 32.2. The van der Waals surface area contributed by atoms with Gasteiger partial charge in [-0.25, -0.2) is 4.98 Å². The van der Waals surface area contributed by atoms with Gasteiger partial charge in [-0.3, -0.25) is 9.59 Å². The van der Waals surface area contributed by atoms with E-state index in [0.717, 1.165) is 17.3 Å². The molecule has 0 saturated heterocycles. The molecule has 0 aliphatic rings. The molecule has 26 heavy (non-hydrogen) atoms. The number of aromatic amines is 1. The third kappa shape index (κ3) is 4.10. The summed E-state index contributed by atoms with van der Waals surface area (Å²) in [7, 11) is 0. The third-order valence-electron chi connectivity index (χ3n) is 3.75. The molecule has 1 aromatic carbocycles. The summed E-state index contributed by atoms with van der Waals surface area (Å²) in [5.74, 6) is -0.337. The summed E-state index contributed by atoms with van der Waals surface area (Å²) < 4.78 is 0. The van der Waals surface area contributed by atoms with Crippen molar-refractivity contribution in [1.82, 2.24) is 30.8 Å². The van der Waals surface area contributed by atoms with Crippen molar-refractivity contribution in [3.8, 4) is 0 Å². The van der Waals surface area contributed by atoms with Crippen LogP contribution in [0.4, 0.5) is 0 Å². The van der Waals surface area contributed by atoms with E-state index in [9.17, 15) is 9.59 Å². The molecule has 0 bridgehead atoms. The van der Waals surface area contributed by atoms with Crippen molar-refractivity contribution in [2.75, 3.05) is 12.3 Å². The van der Waals surface area contributed by atoms with Crippen molar-refractivity contribution in [2.45, 2.75) is 31.5 Å². The highest BCUT2D eigenvalue weighted by Gasteiger charge is 2.16. The van der Waals surface area contributed by atoms with Gasteiger partial charge in [-0.1, -0.05) is 36.9 Å². The Hall–Kier alpha value is -2.68. The van der Waals surface area contributed by atoms with Gasteiger partial charge in [-0.05, 0) is 19.4 Å². The quantitative estimate of drug-likeness (QED) is 0.543. The maximum Gasteiger partial charge on any atom is 0.242 e. The molecule has 0 spiro atoms. The molecule has 2 aromatic heterocycles. The van der Waals surface area contributed by atoms with Crippen LogP contribution >= 0.6 is 11.8 Å². The van der Waals surface area contributed by atoms with Crippen LogP contribution in [0.15, 0.2) is 29.4 Å². The zero-order valence-electron chi connectivity index (χ0n) is 14.6. The fraction of sp³-hybridized carbons (Fsp3) is 0.353. The van der Waals surface area contributed by atoms with E-state index in [0.29, 0.717) is 22.9 Å². The lowest BCUT2D eigenvalue weighted by Crippen LogP contribution is -2.45. The molecule has 2 amide bonds. The van der Waals surface area contributed by atoms with Crippen molar-refractivity contribution in [3.05, 3.63) is 24.3 Å². The van der Waals surface area contributed by atoms with Crippen molar-refractivity contribution in [3.63, 3.8) is 0 Å². The van der Waals surface area contributed by atoms with Crippen LogP contribution in [0.1, 0.15) is 20.3 Å². The lowest BCUT2D eigenvalue weighted by atomic mass is 10.2. The summed E-state index contributed by atoms with van der Waals surface area (Å²) in [6.45, 7) is 4.22. The van der Waals surface area contributed by atoms with Crippen molar-refractivity contribution >= 4 is 45.6 Å². The Morgan fingerprint density at radius 1 is 1.27 bits per heavy atom. The molecule has 1 atom stereocenters. The first-order valence-electron chi connectivity index (χ1n) is 8.39. The third-order valence-corrected chi connectivity index (χ3v) is 4.59. The van der Waals surface area contributed by atoms with E-state index in [4.69, 9.17) is 0 Å². The topological polar surface area (TPSA) is 113 Å². The van der Waals surface area contributed by atoms with E-state index >= 15 is 0 Å². The standard InChI is InChI=1S/C17H20N6O2S/c1-3-8-18-16(25)10(2)19-13(24)9-26-17-21-15-14(22-23-17)11-6-4-5-7-12(11)20-15/h4-7,10H,3,8-9H2,1-2H3,(H,18,25)(H,19,24)(H,20,21,23)/t10-/m0/s1. The number of rotatable bonds is 7. The normalized spacial score (nSPS) is 12.2. The predicted molar refractivity (Wildman–Crippen MR) is 101 cm³/mol. The van der Waals surface area contributed by atoms with E-state index in [1.165, 1.54) is 11.8 Å². The molecule has 136 valence electrons. The van der Waals surface area contributed by atoms with Gasteiger partial charge in [0.05, 0.1) is 5.75 Å². The first-order chi connectivity index (χ1) is 12.6. The molecular formula is C17H20N6O2S. The Labute approximate surface area is 154 Å². The number of hydrogen-bond donors (Lipinski definition) is 3. The molecule has 0 radical (unpaired) electrons. The second kappa shape index (κ2) is 8.13. The Morgan fingerprint density at radius 2 is 2.08 bits per heavy atom. The summed E-state index contributed by atoms with van der Waals surface area (Å²) in [6, 6.07) is 7.19. The number of aromatic nitrogens is 4. The average Bonchev–Trinajstić information content (AvgIpc) is 3.02. The second-order valence-electron chi connectivity index (χ2n) is 5.83. The molecule has 9 heteroatoms. The molecule has 2 heterocycles. The number of thioether (sulfide) groups is 1. The first-order valence-corrected chi connectivity index (χ1v) is 9.38. The summed E-state index contributed by atoms with van der Waals surface area (Å²) in [5, 5.41) is 15.1. The van der Waals surface area contributed by atoms with Gasteiger partial charge in [-0.2, -0.15) is 0 Å². The Balaban J connectivity index is 1.59. The van der Waals surface area contributed by atoms with Crippen LogP contribution in [0.2, 0.25) is 0 Å². The minimum absolute atomic E-state index is 0.110. The van der Waals surface area contributed by atoms with Crippen molar-refractivity contribution in [2.24, 2.45) is 0 Å². The largest absolute Gasteiger partial charge is 0.354 e. The zero-order chi connectivity index (χ0) is 18.5. The van der Waals surface area contributed by atoms with Gasteiger partial charge in [0.15, 0.2) is 5.65 Å². The average molecular weight is 372 g/mol. The van der Waals surface area contributed by atoms with E-state index in [-0.39, 0.29) is 17.6 Å². The van der Waals surface area contributed by atoms with Crippen LogP contribution in [0.3, 0.4) is 0 Å². The van der Waals surface area contributed by atoms with Gasteiger partial charge in [0.2, 0.25) is 17.0 Å². The van der Waals surface area contributed by atoms with Crippen LogP contribution in [0.5, 0.6) is 0 Å². The van der Waals surface area contributed by atoms with Crippen LogP contribution in [-0.4, -0.2) is 50.3 Å². The molecular weight excluding hydrogens is 352 g/mol. The number of hydrogen-bond acceptors (Lipinski definition) is 6. The summed E-state index contributed by atoms with van der Waals surface area (Å²) >= 11 is 1.18. The van der Waals surface area contributed by atoms with Gasteiger partial charge >= 0.3 is 0 Å². The lowest BCUT2D eigenvalue weighted by molar-refractivity contribution is -0.127. The minimum atomic E-state index is -0.579. The van der Waals surface area contributed by atoms with E-state index in [1.54, 1.807) is 6.92 Å². The molecule has 0 fully saturated rings. The number of carbonyl (C=O) groups is 2. The molecule has 0 aliphatic carbocycles. The number of nitrogens with zero attached hydrogens (tertiary/aromatic N) is 3. The zero-order valence-corrected chi connectivity index (χ0v) is 15.4. The van der Waals surface area contributed by atoms with Crippen LogP contribution in [-0.2, 0) is 9.59 Å². The van der Waals surface area contributed by atoms with E-state index in [2.05, 4.69) is 30.8 Å². The Bertz CT molecular complexity index is 941. The smallest absolute Gasteiger partial charge is 0.242 e. The second-order valence-corrected chi connectivity index (χ2v) is 6.77. The molecule has 0 aliphatic heterocycles. The number of fused-ring (bicyclic) bond motifs is 3. The maximum atomic E-state index is 12.0. The molecule has 3 aromatic rings. The Morgan fingerprint density at radius 3 is 2.88 bits per heavy atom. The van der Waals surface area contributed by atoms with Gasteiger partial charge in [0.25, 0.3) is 0 Å². The fourth-order valence-corrected chi connectivity index (χ4v) is 3.04. The summed E-state index contributed by atoms with van der Waals surface area (Å²) in [6.07, 6.45) is 0.850. The van der Waals surface area contributed by atoms with E-state index in [1.807, 2.05) is 31.2 Å². The van der Waals surface area contributed by atoms with Crippen molar-refractivity contribution in [1.29, 1.82) is 0 Å². The number of H-pyrrole nitrogens is 1. The minimum Gasteiger partial charge on any atom is -0.354 e. The van der Waals surface area contributed by atoms with Crippen LogP contribution < -0.4 is 10.6 Å². The predicted octanol–water partition coefficient (Wildman–Crippen LogP) is 1.63. The molecule has 0 unspecified atom stereocenters. The Kier molecular flexibility index (Phi) is 5.67. The van der Waals surface area contributed by atoms with Gasteiger partial charge in [0, 0.05) is 17.4 Å². The highest BCUT2D eigenvalue weighted by Crippen LogP contribution is 2.23. The molecule has 3 rings (SSSR count). The number of amides is 2. The van der Waals surface area contributed by atoms with Crippen LogP contribution in [0, 0.1) is 0 Å². The summed E-state index contributed by atoms with van der Waals surface area (Å²) in [5.41, 5.74) is 2.28. The number of para-hydroxylation sites is 1. The number of benzene rings is 1. The monoisotopic (exact) mass is 372 g/mol. The van der Waals surface area contributed by atoms with E-state index < -0.39 is 6.04 Å². The van der Waals surface area contributed by atoms with Gasteiger partial charge < -0.3 is 15.6 Å². The van der Waals surface area contributed by atoms with Crippen molar-refractivity contribution < 1.29 is 9.59 Å². The van der Waals surface area contributed by atoms with Gasteiger partial charge in [0.1, 0.15) is 11.6 Å². The summed E-state index contributed by atoms with van der Waals surface area (Å²) in [4.78, 5) is 31.4. The SMILES string of the molecule is CCCNC(=O)[C@H](C)NC(=O)CSc1nnc2c(n1)[nH]c1ccccc12. The first kappa shape index (κ1) is 18.1. The highest BCUT2D eigenvalue weighted by molar-refractivity contribution is 7.99. The molecule has 3 N–H and O–H groups in total. The molecule has 0 saturated carbocycles. The maximum absolute atomic E-state index is 12.0. The lowest BCUT2D eigenvalue weighted by Gasteiger charge is -2.13. The van der Waals surface area contributed by atoms with Gasteiger partial charge in [-0.15, -0.1) is 10.2 Å². The number of carbonyl (C=O) groups excluding carboxylic acids is 2. The van der Waals surface area contributed by atoms with Crippen LogP contribution in [0.25, 0.3) is 22.1 Å². The number of nitrogens with one attached hydrogen (secondary N) is 3. The fourth-order valence-electron chi connectivity index (χ4n) is 2.45. The molecule has 8 nitrogen and oxygen atoms in total.